The van der Waals surface area contributed by atoms with Crippen LogP contribution in [0.1, 0.15) is 37.9 Å². The zero-order valence-electron chi connectivity index (χ0n) is 21.2. The minimum atomic E-state index is -0.747. The highest BCUT2D eigenvalue weighted by Gasteiger charge is 2.34. The third-order valence-corrected chi connectivity index (χ3v) is 7.64. The van der Waals surface area contributed by atoms with Crippen molar-refractivity contribution in [3.05, 3.63) is 76.9 Å². The summed E-state index contributed by atoms with van der Waals surface area (Å²) in [6.07, 6.45) is 1.77. The smallest absolute Gasteiger partial charge is 0.338 e. The molecule has 3 heterocycles. The number of ether oxygens (including phenoxy) is 5. The van der Waals surface area contributed by atoms with Gasteiger partial charge in [0, 0.05) is 0 Å². The lowest BCUT2D eigenvalue weighted by Gasteiger charge is -2.24. The maximum Gasteiger partial charge on any atom is 0.338 e. The second kappa shape index (κ2) is 10.7. The number of nitrogens with zero attached hydrogens (tertiary/aromatic N) is 2. The average Bonchev–Trinajstić information content (AvgIpc) is 3.48. The molecule has 38 heavy (non-hydrogen) atoms. The first-order chi connectivity index (χ1) is 18.4. The Morgan fingerprint density at radius 2 is 2.00 bits per heavy atom. The molecule has 0 aliphatic carbocycles. The first kappa shape index (κ1) is 26.1. The summed E-state index contributed by atoms with van der Waals surface area (Å²) in [5.41, 5.74) is 1.93. The predicted molar refractivity (Wildman–Crippen MR) is 145 cm³/mol. The summed E-state index contributed by atoms with van der Waals surface area (Å²) in [6, 6.07) is 8.30. The number of esters is 1. The van der Waals surface area contributed by atoms with E-state index in [1.54, 1.807) is 45.2 Å². The lowest BCUT2D eigenvalue weighted by Crippen LogP contribution is -2.39. The number of hydrogen-bond acceptors (Lipinski definition) is 9. The van der Waals surface area contributed by atoms with Crippen molar-refractivity contribution in [2.45, 2.75) is 26.8 Å². The average molecular weight is 601 g/mol. The number of halogens is 1. The molecule has 2 aliphatic heterocycles. The van der Waals surface area contributed by atoms with E-state index < -0.39 is 12.0 Å². The van der Waals surface area contributed by atoms with Gasteiger partial charge < -0.3 is 23.7 Å². The molecule has 0 bridgehead atoms. The molecule has 3 aromatic rings. The van der Waals surface area contributed by atoms with Crippen LogP contribution in [0, 0.1) is 0 Å². The SMILES string of the molecule is CCOC(=O)C1=C(C)N=c2s/c(=C\c3cc(Br)c(OCC)c(OC)c3)c(=O)n2[C@H]1c1ccc2c(c1)OCO2. The van der Waals surface area contributed by atoms with Gasteiger partial charge in [-0.1, -0.05) is 17.4 Å². The summed E-state index contributed by atoms with van der Waals surface area (Å²) >= 11 is 4.78. The summed E-state index contributed by atoms with van der Waals surface area (Å²) in [4.78, 5) is 32.1. The number of thiazole rings is 1. The van der Waals surface area contributed by atoms with Crippen LogP contribution >= 0.6 is 27.3 Å². The van der Waals surface area contributed by atoms with Crippen molar-refractivity contribution in [1.29, 1.82) is 0 Å². The van der Waals surface area contributed by atoms with Gasteiger partial charge in [-0.15, -0.1) is 0 Å². The highest BCUT2D eigenvalue weighted by Crippen LogP contribution is 2.39. The van der Waals surface area contributed by atoms with Gasteiger partial charge in [0.15, 0.2) is 27.8 Å². The molecule has 0 radical (unpaired) electrons. The van der Waals surface area contributed by atoms with Crippen molar-refractivity contribution in [3.63, 3.8) is 0 Å². The molecular formula is C27H25BrN2O7S. The number of hydrogen-bond donors (Lipinski definition) is 0. The fourth-order valence-corrected chi connectivity index (χ4v) is 6.07. The maximum absolute atomic E-state index is 13.9. The van der Waals surface area contributed by atoms with Crippen LogP contribution in [0.5, 0.6) is 23.0 Å². The number of carbonyl (C=O) groups excluding carboxylic acids is 1. The quantitative estimate of drug-likeness (QED) is 0.381. The Morgan fingerprint density at radius 3 is 2.74 bits per heavy atom. The Balaban J connectivity index is 1.69. The highest BCUT2D eigenvalue weighted by atomic mass is 79.9. The second-order valence-corrected chi connectivity index (χ2v) is 10.2. The van der Waals surface area contributed by atoms with Crippen LogP contribution in [0.25, 0.3) is 6.08 Å². The zero-order chi connectivity index (χ0) is 27.0. The molecule has 198 valence electrons. The van der Waals surface area contributed by atoms with E-state index in [0.717, 1.165) is 5.56 Å². The maximum atomic E-state index is 13.9. The molecule has 0 fully saturated rings. The van der Waals surface area contributed by atoms with Crippen molar-refractivity contribution in [2.75, 3.05) is 27.1 Å². The van der Waals surface area contributed by atoms with Crippen LogP contribution < -0.4 is 33.8 Å². The molecular weight excluding hydrogens is 576 g/mol. The first-order valence-corrected chi connectivity index (χ1v) is 13.6. The minimum absolute atomic E-state index is 0.113. The summed E-state index contributed by atoms with van der Waals surface area (Å²) in [7, 11) is 1.56. The molecule has 5 rings (SSSR count). The molecule has 11 heteroatoms. The van der Waals surface area contributed by atoms with Crippen molar-refractivity contribution >= 4 is 39.3 Å². The Hall–Kier alpha value is -3.57. The summed E-state index contributed by atoms with van der Waals surface area (Å²) in [5.74, 6) is 1.76. The van der Waals surface area contributed by atoms with Gasteiger partial charge in [0.25, 0.3) is 5.56 Å². The fraction of sp³-hybridized carbons (Fsp3) is 0.296. The predicted octanol–water partition coefficient (Wildman–Crippen LogP) is 3.70. The molecule has 0 saturated heterocycles. The van der Waals surface area contributed by atoms with E-state index >= 15 is 0 Å². The van der Waals surface area contributed by atoms with Crippen LogP contribution in [-0.4, -0.2) is 37.7 Å². The molecule has 1 aromatic heterocycles. The number of methoxy groups -OCH3 is 1. The highest BCUT2D eigenvalue weighted by molar-refractivity contribution is 9.10. The van der Waals surface area contributed by atoms with Crippen molar-refractivity contribution < 1.29 is 28.5 Å². The molecule has 0 spiro atoms. The van der Waals surface area contributed by atoms with Gasteiger partial charge in [-0.3, -0.25) is 9.36 Å². The van der Waals surface area contributed by atoms with Crippen LogP contribution in [-0.2, 0) is 9.53 Å². The van der Waals surface area contributed by atoms with Gasteiger partial charge in [-0.05, 0) is 78.2 Å². The molecule has 0 N–H and O–H groups in total. The Kier molecular flexibility index (Phi) is 7.31. The Morgan fingerprint density at radius 1 is 1.21 bits per heavy atom. The van der Waals surface area contributed by atoms with Crippen molar-refractivity contribution in [1.82, 2.24) is 4.57 Å². The van der Waals surface area contributed by atoms with Gasteiger partial charge in [-0.25, -0.2) is 9.79 Å². The van der Waals surface area contributed by atoms with Gasteiger partial charge in [-0.2, -0.15) is 0 Å². The summed E-state index contributed by atoms with van der Waals surface area (Å²) < 4.78 is 30.3. The van der Waals surface area contributed by atoms with E-state index in [1.165, 1.54) is 15.9 Å². The number of carbonyl (C=O) groups is 1. The monoisotopic (exact) mass is 600 g/mol. The number of fused-ring (bicyclic) bond motifs is 2. The van der Waals surface area contributed by atoms with Crippen LogP contribution in [0.2, 0.25) is 0 Å². The summed E-state index contributed by atoms with van der Waals surface area (Å²) in [5, 5.41) is 0. The Bertz CT molecular complexity index is 1640. The minimum Gasteiger partial charge on any atom is -0.493 e. The lowest BCUT2D eigenvalue weighted by atomic mass is 9.95. The fourth-order valence-electron chi connectivity index (χ4n) is 4.45. The Labute approximate surface area is 230 Å². The van der Waals surface area contributed by atoms with E-state index in [2.05, 4.69) is 20.9 Å². The van der Waals surface area contributed by atoms with Crippen LogP contribution in [0.4, 0.5) is 0 Å². The summed E-state index contributed by atoms with van der Waals surface area (Å²) in [6.45, 7) is 6.17. The number of benzene rings is 2. The molecule has 2 aliphatic rings. The second-order valence-electron chi connectivity index (χ2n) is 8.38. The molecule has 2 aromatic carbocycles. The standard InChI is InChI=1S/C27H25BrN2O7S/c1-5-34-24-17(28)9-15(10-20(24)33-4)11-21-25(31)30-23(16-7-8-18-19(12-16)37-13-36-18)22(26(32)35-6-2)14(3)29-27(30)38-21/h7-12,23H,5-6,13H2,1-4H3/b21-11-/t23-/m0/s1. The van der Waals surface area contributed by atoms with Gasteiger partial charge in [0.1, 0.15) is 0 Å². The first-order valence-electron chi connectivity index (χ1n) is 12.0. The van der Waals surface area contributed by atoms with Gasteiger partial charge in [0.2, 0.25) is 6.79 Å². The normalized spacial score (nSPS) is 16.2. The third-order valence-electron chi connectivity index (χ3n) is 6.07. The van der Waals surface area contributed by atoms with E-state index in [1.807, 2.05) is 19.1 Å². The van der Waals surface area contributed by atoms with Crippen LogP contribution in [0.3, 0.4) is 0 Å². The largest absolute Gasteiger partial charge is 0.493 e. The molecule has 0 amide bonds. The molecule has 0 unspecified atom stereocenters. The van der Waals surface area contributed by atoms with E-state index in [4.69, 9.17) is 23.7 Å². The number of aromatic nitrogens is 1. The molecule has 9 nitrogen and oxygen atoms in total. The van der Waals surface area contributed by atoms with Crippen molar-refractivity contribution in [3.8, 4) is 23.0 Å². The lowest BCUT2D eigenvalue weighted by molar-refractivity contribution is -0.139. The van der Waals surface area contributed by atoms with E-state index in [0.29, 0.717) is 60.2 Å². The molecule has 1 atom stereocenters. The van der Waals surface area contributed by atoms with Gasteiger partial charge in [0.05, 0.1) is 46.6 Å². The zero-order valence-corrected chi connectivity index (χ0v) is 23.6. The number of rotatable bonds is 7. The van der Waals surface area contributed by atoms with E-state index in [9.17, 15) is 9.59 Å². The van der Waals surface area contributed by atoms with E-state index in [-0.39, 0.29) is 19.0 Å². The van der Waals surface area contributed by atoms with Crippen LogP contribution in [0.15, 0.2) is 55.9 Å². The van der Waals surface area contributed by atoms with Gasteiger partial charge >= 0.3 is 5.97 Å². The number of allylic oxidation sites excluding steroid dienone is 1. The topological polar surface area (TPSA) is 97.6 Å². The third kappa shape index (κ3) is 4.60. The van der Waals surface area contributed by atoms with Crippen molar-refractivity contribution in [2.24, 2.45) is 4.99 Å². The molecule has 0 saturated carbocycles.